The number of aromatic nitrogens is 4. The van der Waals surface area contributed by atoms with Gasteiger partial charge in [0.15, 0.2) is 5.65 Å². The Morgan fingerprint density at radius 2 is 1.79 bits per heavy atom. The van der Waals surface area contributed by atoms with Crippen molar-refractivity contribution < 1.29 is 0 Å². The maximum Gasteiger partial charge on any atom is 0.178 e. The Morgan fingerprint density at radius 3 is 2.55 bits per heavy atom. The van der Waals surface area contributed by atoms with Crippen LogP contribution in [-0.2, 0) is 6.54 Å². The average Bonchev–Trinajstić information content (AvgIpc) is 3.20. The van der Waals surface area contributed by atoms with Crippen molar-refractivity contribution in [2.24, 2.45) is 0 Å². The Kier molecular flexibility index (Phi) is 10.3. The van der Waals surface area contributed by atoms with Gasteiger partial charge in [0.1, 0.15) is 5.82 Å². The van der Waals surface area contributed by atoms with Crippen molar-refractivity contribution in [3.05, 3.63) is 47.9 Å². The normalized spacial score (nSPS) is 10.0. The standard InChI is InChI=1S/C20H23N5.4CH4/c1-3-4-8-21-12-14-5-6-17-15(10-14)11-18(25-17)16-7-9-22-20-19(16)23-13(2)24-20;;;;/h5-7,9-11,21,25H,3-4,8,12H2,1-2H3,(H,22,23,24);4*1H4. The summed E-state index contributed by atoms with van der Waals surface area (Å²) in [5, 5.41) is 4.73. The number of imidazole rings is 1. The van der Waals surface area contributed by atoms with E-state index in [0.29, 0.717) is 0 Å². The molecule has 0 saturated heterocycles. The molecule has 0 radical (unpaired) electrons. The first-order chi connectivity index (χ1) is 12.2. The van der Waals surface area contributed by atoms with E-state index in [-0.39, 0.29) is 29.7 Å². The van der Waals surface area contributed by atoms with Gasteiger partial charge in [-0.05, 0) is 49.7 Å². The van der Waals surface area contributed by atoms with E-state index in [1.165, 1.54) is 23.8 Å². The van der Waals surface area contributed by atoms with Gasteiger partial charge in [0.05, 0.1) is 5.52 Å². The van der Waals surface area contributed by atoms with E-state index in [4.69, 9.17) is 0 Å². The van der Waals surface area contributed by atoms with Gasteiger partial charge in [0.25, 0.3) is 0 Å². The zero-order chi connectivity index (χ0) is 17.2. The Bertz CT molecular complexity index is 1010. The van der Waals surface area contributed by atoms with Crippen molar-refractivity contribution in [1.29, 1.82) is 0 Å². The lowest BCUT2D eigenvalue weighted by molar-refractivity contribution is 0.642. The number of hydrogen-bond acceptors (Lipinski definition) is 3. The molecule has 160 valence electrons. The zero-order valence-electron chi connectivity index (χ0n) is 14.7. The second-order valence-electron chi connectivity index (χ2n) is 6.51. The molecule has 5 nitrogen and oxygen atoms in total. The van der Waals surface area contributed by atoms with Crippen LogP contribution in [-0.4, -0.2) is 26.5 Å². The lowest BCUT2D eigenvalue weighted by atomic mass is 10.1. The molecule has 0 unspecified atom stereocenters. The summed E-state index contributed by atoms with van der Waals surface area (Å²) < 4.78 is 0. The molecule has 4 rings (SSSR count). The molecule has 29 heavy (non-hydrogen) atoms. The lowest BCUT2D eigenvalue weighted by Gasteiger charge is -2.03. The highest BCUT2D eigenvalue weighted by Crippen LogP contribution is 2.29. The fraction of sp³-hybridized carbons (Fsp3) is 0.417. The minimum absolute atomic E-state index is 0. The number of H-pyrrole nitrogens is 2. The topological polar surface area (TPSA) is 69.4 Å². The van der Waals surface area contributed by atoms with E-state index in [1.807, 2.05) is 19.2 Å². The summed E-state index contributed by atoms with van der Waals surface area (Å²) >= 11 is 0. The highest BCUT2D eigenvalue weighted by molar-refractivity contribution is 5.94. The molecule has 4 aromatic rings. The van der Waals surface area contributed by atoms with E-state index < -0.39 is 0 Å². The molecule has 0 aliphatic heterocycles. The van der Waals surface area contributed by atoms with E-state index >= 15 is 0 Å². The number of aryl methyl sites for hydroxylation is 1. The van der Waals surface area contributed by atoms with Crippen LogP contribution in [0, 0.1) is 6.92 Å². The zero-order valence-corrected chi connectivity index (χ0v) is 14.7. The molecular formula is C24H39N5. The average molecular weight is 398 g/mol. The molecule has 0 amide bonds. The van der Waals surface area contributed by atoms with Gasteiger partial charge in [-0.25, -0.2) is 9.97 Å². The summed E-state index contributed by atoms with van der Waals surface area (Å²) in [6.07, 6.45) is 4.26. The van der Waals surface area contributed by atoms with Crippen LogP contribution in [0.25, 0.3) is 33.3 Å². The van der Waals surface area contributed by atoms with Crippen LogP contribution in [0.15, 0.2) is 36.5 Å². The van der Waals surface area contributed by atoms with Crippen LogP contribution in [0.2, 0.25) is 0 Å². The Hall–Kier alpha value is -2.66. The number of nitrogens with zero attached hydrogens (tertiary/aromatic N) is 2. The van der Waals surface area contributed by atoms with Crippen LogP contribution in [0.5, 0.6) is 0 Å². The monoisotopic (exact) mass is 397 g/mol. The molecule has 0 spiro atoms. The number of benzene rings is 1. The molecule has 1 aromatic carbocycles. The maximum atomic E-state index is 4.43. The second-order valence-corrected chi connectivity index (χ2v) is 6.51. The highest BCUT2D eigenvalue weighted by Gasteiger charge is 2.11. The fourth-order valence-electron chi connectivity index (χ4n) is 3.22. The molecule has 0 aliphatic carbocycles. The van der Waals surface area contributed by atoms with E-state index in [0.717, 1.165) is 46.9 Å². The van der Waals surface area contributed by atoms with E-state index in [2.05, 4.69) is 56.4 Å². The van der Waals surface area contributed by atoms with Crippen molar-refractivity contribution in [1.82, 2.24) is 25.3 Å². The molecular weight excluding hydrogens is 358 g/mol. The third kappa shape index (κ3) is 5.45. The van der Waals surface area contributed by atoms with Crippen molar-refractivity contribution in [3.8, 4) is 11.3 Å². The third-order valence-electron chi connectivity index (χ3n) is 4.52. The minimum Gasteiger partial charge on any atom is -0.354 e. The predicted molar refractivity (Wildman–Crippen MR) is 129 cm³/mol. The van der Waals surface area contributed by atoms with Crippen molar-refractivity contribution in [2.45, 2.75) is 62.9 Å². The molecule has 0 saturated carbocycles. The SMILES string of the molecule is C.C.C.C.CCCCNCc1ccc2[nH]c(-c3ccnc4nc(C)[nH]c34)cc2c1. The van der Waals surface area contributed by atoms with Crippen molar-refractivity contribution in [2.75, 3.05) is 6.54 Å². The number of nitrogens with one attached hydrogen (secondary N) is 3. The molecule has 0 aliphatic rings. The van der Waals surface area contributed by atoms with Crippen LogP contribution in [0.3, 0.4) is 0 Å². The summed E-state index contributed by atoms with van der Waals surface area (Å²) in [6, 6.07) is 10.8. The van der Waals surface area contributed by atoms with E-state index in [9.17, 15) is 0 Å². The van der Waals surface area contributed by atoms with Crippen molar-refractivity contribution in [3.63, 3.8) is 0 Å². The van der Waals surface area contributed by atoms with Gasteiger partial charge in [0.2, 0.25) is 0 Å². The second kappa shape index (κ2) is 11.4. The summed E-state index contributed by atoms with van der Waals surface area (Å²) in [5.74, 6) is 0.881. The van der Waals surface area contributed by atoms with Gasteiger partial charge in [-0.15, -0.1) is 0 Å². The first-order valence-corrected chi connectivity index (χ1v) is 8.88. The van der Waals surface area contributed by atoms with Crippen molar-refractivity contribution >= 4 is 22.1 Å². The summed E-state index contributed by atoms with van der Waals surface area (Å²) in [4.78, 5) is 15.6. The molecule has 3 aromatic heterocycles. The Balaban J connectivity index is 0.00000196. The fourth-order valence-corrected chi connectivity index (χ4v) is 3.22. The van der Waals surface area contributed by atoms with Crippen LogP contribution in [0.4, 0.5) is 0 Å². The Morgan fingerprint density at radius 1 is 1.00 bits per heavy atom. The van der Waals surface area contributed by atoms with Crippen LogP contribution < -0.4 is 5.32 Å². The van der Waals surface area contributed by atoms with Crippen LogP contribution >= 0.6 is 0 Å². The van der Waals surface area contributed by atoms with Gasteiger partial charge >= 0.3 is 0 Å². The summed E-state index contributed by atoms with van der Waals surface area (Å²) in [5.41, 5.74) is 6.38. The number of pyridine rings is 1. The first-order valence-electron chi connectivity index (χ1n) is 8.88. The molecule has 0 bridgehead atoms. The first kappa shape index (κ1) is 26.3. The Labute approximate surface area is 176 Å². The van der Waals surface area contributed by atoms with Crippen LogP contribution in [0.1, 0.15) is 60.9 Å². The van der Waals surface area contributed by atoms with Gasteiger partial charge in [0, 0.05) is 34.9 Å². The largest absolute Gasteiger partial charge is 0.354 e. The lowest BCUT2D eigenvalue weighted by Crippen LogP contribution is -2.14. The quantitative estimate of drug-likeness (QED) is 0.312. The smallest absolute Gasteiger partial charge is 0.178 e. The summed E-state index contributed by atoms with van der Waals surface area (Å²) in [6.45, 7) is 6.15. The number of fused-ring (bicyclic) bond motifs is 2. The van der Waals surface area contributed by atoms with Gasteiger partial charge in [-0.3, -0.25) is 0 Å². The minimum atomic E-state index is 0. The number of unbranched alkanes of at least 4 members (excludes halogenated alkanes) is 1. The van der Waals surface area contributed by atoms with Gasteiger partial charge in [-0.1, -0.05) is 49.1 Å². The molecule has 3 N–H and O–H groups in total. The third-order valence-corrected chi connectivity index (χ3v) is 4.52. The van der Waals surface area contributed by atoms with Gasteiger partial charge in [-0.2, -0.15) is 0 Å². The predicted octanol–water partition coefficient (Wildman–Crippen LogP) is 6.85. The molecule has 3 heterocycles. The number of rotatable bonds is 6. The molecule has 5 heteroatoms. The molecule has 0 atom stereocenters. The van der Waals surface area contributed by atoms with E-state index in [1.54, 1.807) is 0 Å². The number of hydrogen-bond donors (Lipinski definition) is 3. The molecule has 0 fully saturated rings. The number of aromatic amines is 2. The maximum absolute atomic E-state index is 4.43. The highest BCUT2D eigenvalue weighted by atomic mass is 15.0. The van der Waals surface area contributed by atoms with Gasteiger partial charge < -0.3 is 15.3 Å². The summed E-state index contributed by atoms with van der Waals surface area (Å²) in [7, 11) is 0.